The van der Waals surface area contributed by atoms with Gasteiger partial charge in [-0.3, -0.25) is 9.59 Å². The molecule has 0 radical (unpaired) electrons. The van der Waals surface area contributed by atoms with E-state index in [0.29, 0.717) is 22.8 Å². The standard InChI is InChI=1S/C30H42N6O2/c1-20-29(38)35(5)25-9-10-26(33-27(25)36(20)24-11-15-30(2,3)16-12-24)31-23-8-6-7-21(19-23)28(37)32-22-13-17-34(4)18-14-22/h6-10,19-20,22,24H,11-18H2,1-5H3,(H,31,33)(H,32,37)/t20-/m1/s1. The largest absolute Gasteiger partial charge is 0.349 e. The van der Waals surface area contributed by atoms with Crippen LogP contribution >= 0.6 is 0 Å². The number of nitrogens with one attached hydrogen (secondary N) is 2. The number of benzene rings is 1. The first-order valence-electron chi connectivity index (χ1n) is 14.0. The molecule has 3 aliphatic rings. The summed E-state index contributed by atoms with van der Waals surface area (Å²) in [7, 11) is 3.95. The molecule has 1 saturated carbocycles. The molecule has 1 atom stereocenters. The van der Waals surface area contributed by atoms with Crippen molar-refractivity contribution in [2.45, 2.75) is 77.4 Å². The monoisotopic (exact) mass is 518 g/mol. The van der Waals surface area contributed by atoms with Gasteiger partial charge in [-0.15, -0.1) is 0 Å². The van der Waals surface area contributed by atoms with Crippen LogP contribution in [0.25, 0.3) is 0 Å². The van der Waals surface area contributed by atoms with E-state index in [9.17, 15) is 9.59 Å². The number of carbonyl (C=O) groups excluding carboxylic acids is 2. The molecule has 1 aliphatic carbocycles. The van der Waals surface area contributed by atoms with Gasteiger partial charge in [-0.25, -0.2) is 4.98 Å². The lowest BCUT2D eigenvalue weighted by atomic mass is 9.75. The van der Waals surface area contributed by atoms with Gasteiger partial charge in [-0.2, -0.15) is 0 Å². The molecular weight excluding hydrogens is 476 g/mol. The Labute approximate surface area is 226 Å². The second-order valence-corrected chi connectivity index (χ2v) is 12.2. The molecule has 2 aliphatic heterocycles. The molecule has 0 bridgehead atoms. The molecule has 2 N–H and O–H groups in total. The number of carbonyl (C=O) groups is 2. The van der Waals surface area contributed by atoms with Crippen LogP contribution in [0.1, 0.15) is 69.7 Å². The number of rotatable bonds is 5. The van der Waals surface area contributed by atoms with Crippen molar-refractivity contribution < 1.29 is 9.59 Å². The van der Waals surface area contributed by atoms with Crippen LogP contribution in [-0.4, -0.2) is 67.0 Å². The van der Waals surface area contributed by atoms with Gasteiger partial charge in [0.2, 0.25) is 5.91 Å². The van der Waals surface area contributed by atoms with Gasteiger partial charge in [0.05, 0.1) is 5.69 Å². The summed E-state index contributed by atoms with van der Waals surface area (Å²) in [6.45, 7) is 8.67. The van der Waals surface area contributed by atoms with E-state index in [1.54, 1.807) is 4.90 Å². The van der Waals surface area contributed by atoms with Crippen molar-refractivity contribution in [2.75, 3.05) is 42.3 Å². The van der Waals surface area contributed by atoms with Gasteiger partial charge in [0.25, 0.3) is 5.91 Å². The smallest absolute Gasteiger partial charge is 0.251 e. The summed E-state index contributed by atoms with van der Waals surface area (Å²) in [5.41, 5.74) is 2.64. The van der Waals surface area contributed by atoms with Crippen LogP contribution in [-0.2, 0) is 4.79 Å². The maximum Gasteiger partial charge on any atom is 0.251 e. The molecule has 204 valence electrons. The number of hydrogen-bond acceptors (Lipinski definition) is 6. The fourth-order valence-electron chi connectivity index (χ4n) is 6.12. The minimum atomic E-state index is -0.256. The quantitative estimate of drug-likeness (QED) is 0.593. The summed E-state index contributed by atoms with van der Waals surface area (Å²) < 4.78 is 0. The number of pyridine rings is 1. The minimum absolute atomic E-state index is 0.0398. The lowest BCUT2D eigenvalue weighted by Crippen LogP contribution is -2.56. The fourth-order valence-corrected chi connectivity index (χ4v) is 6.12. The molecule has 8 nitrogen and oxygen atoms in total. The summed E-state index contributed by atoms with van der Waals surface area (Å²) in [5, 5.41) is 6.60. The van der Waals surface area contributed by atoms with Crippen molar-refractivity contribution in [3.05, 3.63) is 42.0 Å². The van der Waals surface area contributed by atoms with Crippen molar-refractivity contribution >= 4 is 34.8 Å². The van der Waals surface area contributed by atoms with Gasteiger partial charge in [0.15, 0.2) is 5.82 Å². The number of amides is 2. The first-order chi connectivity index (χ1) is 18.1. The molecular formula is C30H42N6O2. The van der Waals surface area contributed by atoms with Gasteiger partial charge < -0.3 is 25.3 Å². The first-order valence-corrected chi connectivity index (χ1v) is 14.0. The topological polar surface area (TPSA) is 80.8 Å². The van der Waals surface area contributed by atoms with E-state index >= 15 is 0 Å². The number of hydrogen-bond donors (Lipinski definition) is 2. The number of likely N-dealkylation sites (N-methyl/N-ethyl adjacent to an activating group) is 1. The number of likely N-dealkylation sites (tertiary alicyclic amines) is 1. The van der Waals surface area contributed by atoms with Gasteiger partial charge in [-0.1, -0.05) is 19.9 Å². The second kappa shape index (κ2) is 10.6. The molecule has 38 heavy (non-hydrogen) atoms. The van der Waals surface area contributed by atoms with Crippen molar-refractivity contribution in [2.24, 2.45) is 5.41 Å². The van der Waals surface area contributed by atoms with Crippen molar-refractivity contribution in [3.8, 4) is 0 Å². The summed E-state index contributed by atoms with van der Waals surface area (Å²) in [4.78, 5) is 37.4. The van der Waals surface area contributed by atoms with Gasteiger partial charge in [0.1, 0.15) is 11.9 Å². The molecule has 1 saturated heterocycles. The van der Waals surface area contributed by atoms with Gasteiger partial charge >= 0.3 is 0 Å². The number of aromatic nitrogens is 1. The van der Waals surface area contributed by atoms with E-state index in [1.807, 2.05) is 50.4 Å². The Kier molecular flexibility index (Phi) is 7.36. The molecule has 5 rings (SSSR count). The SMILES string of the molecule is C[C@@H]1C(=O)N(C)c2ccc(Nc3cccc(C(=O)NC4CCN(C)CC4)c3)nc2N1C1CCC(C)(C)CC1. The number of fused-ring (bicyclic) bond motifs is 1. The van der Waals surface area contributed by atoms with Crippen LogP contribution in [0.4, 0.5) is 23.0 Å². The number of anilines is 4. The average molecular weight is 519 g/mol. The molecule has 3 heterocycles. The highest BCUT2D eigenvalue weighted by atomic mass is 16.2. The minimum Gasteiger partial charge on any atom is -0.349 e. The summed E-state index contributed by atoms with van der Waals surface area (Å²) in [5.74, 6) is 1.62. The molecule has 2 fully saturated rings. The maximum atomic E-state index is 13.1. The highest BCUT2D eigenvalue weighted by molar-refractivity contribution is 6.04. The van der Waals surface area contributed by atoms with E-state index in [-0.39, 0.29) is 23.9 Å². The average Bonchev–Trinajstić information content (AvgIpc) is 2.90. The van der Waals surface area contributed by atoms with Crippen LogP contribution in [0.3, 0.4) is 0 Å². The molecule has 1 aromatic heterocycles. The zero-order chi connectivity index (χ0) is 27.0. The van der Waals surface area contributed by atoms with Crippen LogP contribution in [0.5, 0.6) is 0 Å². The van der Waals surface area contributed by atoms with E-state index in [2.05, 4.69) is 41.3 Å². The summed E-state index contributed by atoms with van der Waals surface area (Å²) in [6.07, 6.45) is 6.35. The fraction of sp³-hybridized carbons (Fsp3) is 0.567. The highest BCUT2D eigenvalue weighted by Gasteiger charge is 2.40. The normalized spacial score (nSPS) is 22.8. The van der Waals surface area contributed by atoms with Crippen LogP contribution in [0, 0.1) is 5.41 Å². The van der Waals surface area contributed by atoms with Crippen LogP contribution in [0.2, 0.25) is 0 Å². The molecule has 1 aromatic carbocycles. The van der Waals surface area contributed by atoms with Crippen LogP contribution in [0.15, 0.2) is 36.4 Å². The highest BCUT2D eigenvalue weighted by Crippen LogP contribution is 2.43. The predicted molar refractivity (Wildman–Crippen MR) is 153 cm³/mol. The lowest BCUT2D eigenvalue weighted by Gasteiger charge is -2.47. The van der Waals surface area contributed by atoms with Crippen molar-refractivity contribution in [1.29, 1.82) is 0 Å². The summed E-state index contributed by atoms with van der Waals surface area (Å²) in [6, 6.07) is 11.7. The Morgan fingerprint density at radius 3 is 2.45 bits per heavy atom. The first kappa shape index (κ1) is 26.5. The molecule has 0 unspecified atom stereocenters. The predicted octanol–water partition coefficient (Wildman–Crippen LogP) is 4.79. The molecule has 2 amide bonds. The van der Waals surface area contributed by atoms with E-state index < -0.39 is 0 Å². The van der Waals surface area contributed by atoms with Crippen molar-refractivity contribution in [3.63, 3.8) is 0 Å². The van der Waals surface area contributed by atoms with E-state index in [4.69, 9.17) is 4.98 Å². The zero-order valence-electron chi connectivity index (χ0n) is 23.5. The third kappa shape index (κ3) is 5.51. The Morgan fingerprint density at radius 1 is 1.03 bits per heavy atom. The Morgan fingerprint density at radius 2 is 1.74 bits per heavy atom. The number of piperidine rings is 1. The molecule has 8 heteroatoms. The van der Waals surface area contributed by atoms with E-state index in [0.717, 1.165) is 68.8 Å². The Balaban J connectivity index is 1.35. The summed E-state index contributed by atoms with van der Waals surface area (Å²) >= 11 is 0. The maximum absolute atomic E-state index is 13.1. The van der Waals surface area contributed by atoms with Gasteiger partial charge in [-0.05, 0) is 101 Å². The third-order valence-electron chi connectivity index (χ3n) is 8.72. The zero-order valence-corrected chi connectivity index (χ0v) is 23.5. The van der Waals surface area contributed by atoms with Crippen LogP contribution < -0.4 is 20.4 Å². The molecule has 0 spiro atoms. The molecule has 2 aromatic rings. The second-order valence-electron chi connectivity index (χ2n) is 12.2. The number of nitrogens with zero attached hydrogens (tertiary/aromatic N) is 4. The van der Waals surface area contributed by atoms with E-state index in [1.165, 1.54) is 0 Å². The Bertz CT molecular complexity index is 1180. The third-order valence-corrected chi connectivity index (χ3v) is 8.72. The lowest BCUT2D eigenvalue weighted by molar-refractivity contribution is -0.119. The Hall–Kier alpha value is -3.13. The van der Waals surface area contributed by atoms with Crippen molar-refractivity contribution in [1.82, 2.24) is 15.2 Å². The van der Waals surface area contributed by atoms with Gasteiger partial charge in [0, 0.05) is 30.4 Å².